The first-order valence-electron chi connectivity index (χ1n) is 3.57. The number of hydrogen-bond acceptors (Lipinski definition) is 1. The fraction of sp³-hybridized carbons (Fsp3) is 0.375. The molecule has 0 atom stereocenters. The van der Waals surface area contributed by atoms with E-state index in [0.29, 0.717) is 0 Å². The number of aryl methyl sites for hydroxylation is 1. The number of fused-ring (bicyclic) bond motifs is 1. The lowest BCUT2D eigenvalue weighted by molar-refractivity contribution is 0.721. The van der Waals surface area contributed by atoms with E-state index in [1.807, 2.05) is 16.7 Å². The van der Waals surface area contributed by atoms with Crippen LogP contribution in [0.5, 0.6) is 0 Å². The molecule has 0 bridgehead atoms. The maximum Gasteiger partial charge on any atom is 0.250 e. The highest BCUT2D eigenvalue weighted by Crippen LogP contribution is 2.09. The second kappa shape index (κ2) is 1.97. The van der Waals surface area contributed by atoms with Crippen LogP contribution in [0.3, 0.4) is 0 Å². The van der Waals surface area contributed by atoms with Gasteiger partial charge < -0.3 is 4.57 Å². The lowest BCUT2D eigenvalue weighted by Crippen LogP contribution is -2.16. The summed E-state index contributed by atoms with van der Waals surface area (Å²) < 4.78 is 1.85. The van der Waals surface area contributed by atoms with Crippen LogP contribution in [0.2, 0.25) is 0 Å². The Labute approximate surface area is 59.1 Å². The van der Waals surface area contributed by atoms with Crippen LogP contribution < -0.4 is 5.56 Å². The topological polar surface area (TPSA) is 22.0 Å². The zero-order valence-electron chi connectivity index (χ0n) is 5.71. The van der Waals surface area contributed by atoms with E-state index in [2.05, 4.69) is 0 Å². The molecular formula is C8H9NO. The molecule has 1 aromatic heterocycles. The maximum absolute atomic E-state index is 11.1. The highest BCUT2D eigenvalue weighted by atomic mass is 16.1. The van der Waals surface area contributed by atoms with Gasteiger partial charge >= 0.3 is 0 Å². The molecule has 2 heteroatoms. The van der Waals surface area contributed by atoms with Crippen molar-refractivity contribution in [3.05, 3.63) is 34.2 Å². The predicted molar refractivity (Wildman–Crippen MR) is 39.0 cm³/mol. The van der Waals surface area contributed by atoms with Gasteiger partial charge in [0, 0.05) is 18.3 Å². The molecule has 52 valence electrons. The smallest absolute Gasteiger partial charge is 0.250 e. The second-order valence-electron chi connectivity index (χ2n) is 2.61. The molecule has 0 saturated heterocycles. The molecule has 10 heavy (non-hydrogen) atoms. The molecule has 1 aliphatic heterocycles. The van der Waals surface area contributed by atoms with E-state index in [1.54, 1.807) is 6.07 Å². The minimum atomic E-state index is 0.148. The van der Waals surface area contributed by atoms with Crippen molar-refractivity contribution in [2.45, 2.75) is 19.4 Å². The van der Waals surface area contributed by atoms with Gasteiger partial charge in [-0.1, -0.05) is 6.07 Å². The third kappa shape index (κ3) is 0.685. The van der Waals surface area contributed by atoms with Gasteiger partial charge in [-0.05, 0) is 18.9 Å². The van der Waals surface area contributed by atoms with Crippen molar-refractivity contribution in [1.29, 1.82) is 0 Å². The summed E-state index contributed by atoms with van der Waals surface area (Å²) in [6.45, 7) is 0.912. The maximum atomic E-state index is 11.1. The Bertz CT molecular complexity index is 300. The fourth-order valence-corrected chi connectivity index (χ4v) is 1.45. The molecule has 0 radical (unpaired) electrons. The lowest BCUT2D eigenvalue weighted by Gasteiger charge is -1.98. The summed E-state index contributed by atoms with van der Waals surface area (Å²) in [7, 11) is 0. The highest BCUT2D eigenvalue weighted by molar-refractivity contribution is 5.09. The Balaban J connectivity index is 2.70. The van der Waals surface area contributed by atoms with Crippen molar-refractivity contribution < 1.29 is 0 Å². The van der Waals surface area contributed by atoms with E-state index in [9.17, 15) is 4.79 Å². The Morgan fingerprint density at radius 3 is 3.10 bits per heavy atom. The minimum absolute atomic E-state index is 0.148. The van der Waals surface area contributed by atoms with E-state index in [4.69, 9.17) is 0 Å². The van der Waals surface area contributed by atoms with Gasteiger partial charge in [0.15, 0.2) is 0 Å². The number of rotatable bonds is 0. The number of hydrogen-bond donors (Lipinski definition) is 0. The molecule has 0 aromatic carbocycles. The molecule has 0 N–H and O–H groups in total. The van der Waals surface area contributed by atoms with Gasteiger partial charge in [0.25, 0.3) is 5.56 Å². The van der Waals surface area contributed by atoms with Crippen molar-refractivity contribution >= 4 is 0 Å². The Kier molecular flexibility index (Phi) is 1.13. The number of pyridine rings is 1. The summed E-state index contributed by atoms with van der Waals surface area (Å²) in [5.41, 5.74) is 1.34. The van der Waals surface area contributed by atoms with Gasteiger partial charge in [-0.15, -0.1) is 0 Å². The van der Waals surface area contributed by atoms with E-state index in [1.165, 1.54) is 5.69 Å². The second-order valence-corrected chi connectivity index (χ2v) is 2.61. The van der Waals surface area contributed by atoms with Crippen molar-refractivity contribution in [2.24, 2.45) is 0 Å². The molecule has 0 saturated carbocycles. The van der Waals surface area contributed by atoms with Crippen molar-refractivity contribution in [1.82, 2.24) is 4.57 Å². The molecule has 0 fully saturated rings. The van der Waals surface area contributed by atoms with Crippen LogP contribution in [0.1, 0.15) is 12.1 Å². The van der Waals surface area contributed by atoms with Crippen LogP contribution in [-0.4, -0.2) is 4.57 Å². The molecular weight excluding hydrogens is 126 g/mol. The van der Waals surface area contributed by atoms with Crippen LogP contribution >= 0.6 is 0 Å². The van der Waals surface area contributed by atoms with Crippen molar-refractivity contribution in [3.63, 3.8) is 0 Å². The van der Waals surface area contributed by atoms with E-state index >= 15 is 0 Å². The summed E-state index contributed by atoms with van der Waals surface area (Å²) in [5, 5.41) is 0. The van der Waals surface area contributed by atoms with Gasteiger partial charge in [-0.2, -0.15) is 0 Å². The third-order valence-corrected chi connectivity index (χ3v) is 1.95. The normalized spacial score (nSPS) is 15.2. The molecule has 1 aliphatic rings. The fourth-order valence-electron chi connectivity index (χ4n) is 1.45. The highest BCUT2D eigenvalue weighted by Gasteiger charge is 2.08. The number of aromatic nitrogens is 1. The van der Waals surface area contributed by atoms with Gasteiger partial charge in [0.05, 0.1) is 0 Å². The van der Waals surface area contributed by atoms with Crippen LogP contribution in [0.15, 0.2) is 23.0 Å². The summed E-state index contributed by atoms with van der Waals surface area (Å²) in [5.74, 6) is 0. The van der Waals surface area contributed by atoms with E-state index in [0.717, 1.165) is 19.4 Å². The summed E-state index contributed by atoms with van der Waals surface area (Å²) in [6.07, 6.45) is 2.19. The van der Waals surface area contributed by atoms with Gasteiger partial charge in [-0.25, -0.2) is 0 Å². The lowest BCUT2D eigenvalue weighted by atomic mass is 10.3. The van der Waals surface area contributed by atoms with Crippen molar-refractivity contribution in [2.75, 3.05) is 0 Å². The van der Waals surface area contributed by atoms with Crippen LogP contribution in [0, 0.1) is 0 Å². The minimum Gasteiger partial charge on any atom is -0.313 e. The summed E-state index contributed by atoms with van der Waals surface area (Å²) >= 11 is 0. The molecule has 2 rings (SSSR count). The van der Waals surface area contributed by atoms with Crippen LogP contribution in [-0.2, 0) is 13.0 Å². The third-order valence-electron chi connectivity index (χ3n) is 1.95. The Hall–Kier alpha value is -1.05. The van der Waals surface area contributed by atoms with E-state index in [-0.39, 0.29) is 5.56 Å². The van der Waals surface area contributed by atoms with Gasteiger partial charge in [0.2, 0.25) is 0 Å². The molecule has 0 unspecified atom stereocenters. The zero-order chi connectivity index (χ0) is 6.97. The quantitative estimate of drug-likeness (QED) is 0.515. The monoisotopic (exact) mass is 135 g/mol. The first kappa shape index (κ1) is 5.71. The summed E-state index contributed by atoms with van der Waals surface area (Å²) in [4.78, 5) is 11.1. The number of nitrogens with zero attached hydrogens (tertiary/aromatic N) is 1. The Morgan fingerprint density at radius 1 is 1.40 bits per heavy atom. The van der Waals surface area contributed by atoms with Crippen LogP contribution in [0.4, 0.5) is 0 Å². The molecule has 0 spiro atoms. The standard InChI is InChI=1S/C8H9NO/c10-8-5-1-3-7-4-2-6-9(7)8/h1,3,5H,2,4,6H2. The average Bonchev–Trinajstić information content (AvgIpc) is 2.36. The molecule has 2 nitrogen and oxygen atoms in total. The van der Waals surface area contributed by atoms with E-state index < -0.39 is 0 Å². The first-order valence-corrected chi connectivity index (χ1v) is 3.57. The van der Waals surface area contributed by atoms with Crippen LogP contribution in [0.25, 0.3) is 0 Å². The summed E-state index contributed by atoms with van der Waals surface area (Å²) in [6, 6.07) is 5.47. The first-order chi connectivity index (χ1) is 4.88. The van der Waals surface area contributed by atoms with Gasteiger partial charge in [-0.3, -0.25) is 4.79 Å². The van der Waals surface area contributed by atoms with Gasteiger partial charge in [0.1, 0.15) is 0 Å². The zero-order valence-corrected chi connectivity index (χ0v) is 5.71. The predicted octanol–water partition coefficient (Wildman–Crippen LogP) is 0.794. The molecule has 1 aromatic rings. The average molecular weight is 135 g/mol. The van der Waals surface area contributed by atoms with Crippen molar-refractivity contribution in [3.8, 4) is 0 Å². The largest absolute Gasteiger partial charge is 0.313 e. The molecule has 0 aliphatic carbocycles. The SMILES string of the molecule is O=c1cccc2n1CCC2. The molecule has 2 heterocycles. The Morgan fingerprint density at radius 2 is 2.30 bits per heavy atom. The molecule has 0 amide bonds.